The predicted octanol–water partition coefficient (Wildman–Crippen LogP) is 2.72. The first-order valence-electron chi connectivity index (χ1n) is 9.35. The van der Waals surface area contributed by atoms with Crippen molar-refractivity contribution in [2.75, 3.05) is 32.8 Å². The molecule has 1 aromatic carbocycles. The molecule has 0 saturated carbocycles. The summed E-state index contributed by atoms with van der Waals surface area (Å²) in [5.41, 5.74) is 2.16. The minimum atomic E-state index is -0.466. The summed E-state index contributed by atoms with van der Waals surface area (Å²) < 4.78 is 10.9. The van der Waals surface area contributed by atoms with Crippen LogP contribution in [0.5, 0.6) is 0 Å². The zero-order valence-electron chi connectivity index (χ0n) is 15.4. The fourth-order valence-corrected chi connectivity index (χ4v) is 3.29. The molecule has 1 N–H and O–H groups in total. The molecule has 5 nitrogen and oxygen atoms in total. The number of aliphatic hydroxyl groups is 1. The number of aryl methyl sites for hydroxylation is 1. The molecule has 1 heterocycles. The molecule has 1 aliphatic rings. The third kappa shape index (κ3) is 6.77. The Morgan fingerprint density at radius 2 is 2.00 bits per heavy atom. The van der Waals surface area contributed by atoms with Gasteiger partial charge in [-0.15, -0.1) is 0 Å². The number of esters is 1. The third-order valence-corrected chi connectivity index (χ3v) is 4.60. The lowest BCUT2D eigenvalue weighted by atomic mass is 9.99. The Balaban J connectivity index is 1.83. The third-order valence-electron chi connectivity index (χ3n) is 4.60. The highest BCUT2D eigenvalue weighted by molar-refractivity contribution is 5.69. The highest BCUT2D eigenvalue weighted by atomic mass is 16.5. The van der Waals surface area contributed by atoms with Crippen LogP contribution in [0.4, 0.5) is 0 Å². The number of ether oxygens (including phenoxy) is 2. The summed E-state index contributed by atoms with van der Waals surface area (Å²) in [5.74, 6) is -0.174. The van der Waals surface area contributed by atoms with E-state index in [-0.39, 0.29) is 12.1 Å². The summed E-state index contributed by atoms with van der Waals surface area (Å²) >= 11 is 0. The van der Waals surface area contributed by atoms with Gasteiger partial charge in [-0.1, -0.05) is 24.3 Å². The number of hydrogen-bond donors (Lipinski definition) is 1. The van der Waals surface area contributed by atoms with Crippen LogP contribution >= 0.6 is 0 Å². The number of β-amino-alcohol motifs (C(OH)–C–C–N with tert-alkyl or cyclic N) is 1. The summed E-state index contributed by atoms with van der Waals surface area (Å²) in [5, 5.41) is 10.2. The average Bonchev–Trinajstić information content (AvgIpc) is 3.11. The van der Waals surface area contributed by atoms with Crippen LogP contribution < -0.4 is 0 Å². The van der Waals surface area contributed by atoms with E-state index >= 15 is 0 Å². The molecule has 0 aromatic heterocycles. The Kier molecular flexibility index (Phi) is 8.38. The number of likely N-dealkylation sites (tertiary alicyclic amines) is 1. The molecule has 0 unspecified atom stereocenters. The molecule has 1 fully saturated rings. The maximum atomic E-state index is 11.6. The minimum absolute atomic E-state index is 0.119. The molecule has 0 amide bonds. The topological polar surface area (TPSA) is 59.0 Å². The Bertz CT molecular complexity index is 528. The van der Waals surface area contributed by atoms with Gasteiger partial charge in [-0.25, -0.2) is 0 Å². The van der Waals surface area contributed by atoms with Crippen LogP contribution in [-0.2, 0) is 20.7 Å². The van der Waals surface area contributed by atoms with Gasteiger partial charge in [0.05, 0.1) is 25.4 Å². The van der Waals surface area contributed by atoms with Gasteiger partial charge >= 0.3 is 5.97 Å². The van der Waals surface area contributed by atoms with Crippen molar-refractivity contribution in [3.8, 4) is 0 Å². The van der Waals surface area contributed by atoms with Crippen LogP contribution in [0.3, 0.4) is 0 Å². The number of carbonyl (C=O) groups is 1. The first kappa shape index (κ1) is 19.9. The molecule has 5 heteroatoms. The number of rotatable bonds is 10. The van der Waals surface area contributed by atoms with Crippen LogP contribution in [0.2, 0.25) is 0 Å². The van der Waals surface area contributed by atoms with Crippen molar-refractivity contribution in [2.45, 2.75) is 51.7 Å². The smallest absolute Gasteiger partial charge is 0.306 e. The number of hydrogen-bond acceptors (Lipinski definition) is 5. The quantitative estimate of drug-likeness (QED) is 0.658. The van der Waals surface area contributed by atoms with Gasteiger partial charge < -0.3 is 19.5 Å². The summed E-state index contributed by atoms with van der Waals surface area (Å²) in [4.78, 5) is 13.9. The van der Waals surface area contributed by atoms with Crippen molar-refractivity contribution < 1.29 is 19.4 Å². The van der Waals surface area contributed by atoms with Crippen molar-refractivity contribution in [2.24, 2.45) is 0 Å². The highest BCUT2D eigenvalue weighted by Crippen LogP contribution is 2.23. The van der Waals surface area contributed by atoms with Crippen LogP contribution in [0.1, 0.15) is 50.3 Å². The van der Waals surface area contributed by atoms with E-state index in [1.54, 1.807) is 0 Å². The fraction of sp³-hybridized carbons (Fsp3) is 0.650. The van der Waals surface area contributed by atoms with E-state index in [1.165, 1.54) is 12.8 Å². The first-order valence-corrected chi connectivity index (χ1v) is 9.35. The second-order valence-electron chi connectivity index (χ2n) is 6.64. The molecule has 1 aliphatic heterocycles. The molecule has 0 radical (unpaired) electrons. The lowest BCUT2D eigenvalue weighted by Gasteiger charge is -2.22. The average molecular weight is 349 g/mol. The van der Waals surface area contributed by atoms with Gasteiger partial charge in [-0.2, -0.15) is 0 Å². The summed E-state index contributed by atoms with van der Waals surface area (Å²) in [6.07, 6.45) is 2.86. The van der Waals surface area contributed by atoms with Crippen LogP contribution in [-0.4, -0.2) is 54.9 Å². The van der Waals surface area contributed by atoms with E-state index in [0.29, 0.717) is 32.6 Å². The van der Waals surface area contributed by atoms with Gasteiger partial charge in [0.1, 0.15) is 0 Å². The number of aliphatic hydroxyl groups excluding tert-OH is 1. The summed E-state index contributed by atoms with van der Waals surface area (Å²) in [7, 11) is 0. The largest absolute Gasteiger partial charge is 0.466 e. The maximum Gasteiger partial charge on any atom is 0.306 e. The molecule has 2 atom stereocenters. The number of nitrogens with zero attached hydrogens (tertiary/aromatic N) is 1. The monoisotopic (exact) mass is 349 g/mol. The Hall–Kier alpha value is -1.43. The van der Waals surface area contributed by atoms with Crippen molar-refractivity contribution in [1.82, 2.24) is 4.90 Å². The Morgan fingerprint density at radius 1 is 1.28 bits per heavy atom. The molecular formula is C20H31NO4. The lowest BCUT2D eigenvalue weighted by Crippen LogP contribution is -2.33. The zero-order chi connectivity index (χ0) is 18.1. The van der Waals surface area contributed by atoms with E-state index in [2.05, 4.69) is 4.90 Å². The van der Waals surface area contributed by atoms with E-state index in [0.717, 1.165) is 24.2 Å². The van der Waals surface area contributed by atoms with Crippen molar-refractivity contribution in [1.29, 1.82) is 0 Å². The van der Waals surface area contributed by atoms with E-state index < -0.39 is 6.10 Å². The van der Waals surface area contributed by atoms with E-state index in [1.807, 2.05) is 38.1 Å². The van der Waals surface area contributed by atoms with E-state index in [9.17, 15) is 9.90 Å². The Morgan fingerprint density at radius 3 is 2.72 bits per heavy atom. The fourth-order valence-electron chi connectivity index (χ4n) is 3.29. The van der Waals surface area contributed by atoms with Gasteiger partial charge in [0.2, 0.25) is 0 Å². The van der Waals surface area contributed by atoms with Crippen LogP contribution in [0.25, 0.3) is 0 Å². The highest BCUT2D eigenvalue weighted by Gasteiger charge is 2.18. The molecule has 140 valence electrons. The molecule has 2 rings (SSSR count). The van der Waals surface area contributed by atoms with Gasteiger partial charge in [0.25, 0.3) is 0 Å². The SMILES string of the molecule is CCOC(=O)CCc1ccccc1[C@@H](C)OC[C@H](O)CN1CCCC1. The van der Waals surface area contributed by atoms with Crippen molar-refractivity contribution in [3.05, 3.63) is 35.4 Å². The van der Waals surface area contributed by atoms with Gasteiger partial charge in [0, 0.05) is 13.0 Å². The van der Waals surface area contributed by atoms with Gasteiger partial charge in [-0.3, -0.25) is 4.79 Å². The molecule has 1 saturated heterocycles. The number of benzene rings is 1. The molecule has 0 spiro atoms. The second kappa shape index (κ2) is 10.5. The molecule has 0 aliphatic carbocycles. The van der Waals surface area contributed by atoms with Crippen molar-refractivity contribution in [3.63, 3.8) is 0 Å². The first-order chi connectivity index (χ1) is 12.1. The van der Waals surface area contributed by atoms with E-state index in [4.69, 9.17) is 9.47 Å². The standard InChI is InChI=1S/C20H31NO4/c1-3-24-20(23)11-10-17-8-4-5-9-19(17)16(2)25-15-18(22)14-21-12-6-7-13-21/h4-5,8-9,16,18,22H,3,6-7,10-15H2,1-2H3/t16-,18-/m1/s1. The van der Waals surface area contributed by atoms with Crippen LogP contribution in [0.15, 0.2) is 24.3 Å². The normalized spacial score (nSPS) is 17.4. The molecule has 0 bridgehead atoms. The minimum Gasteiger partial charge on any atom is -0.466 e. The van der Waals surface area contributed by atoms with Gasteiger partial charge in [0.15, 0.2) is 0 Å². The lowest BCUT2D eigenvalue weighted by molar-refractivity contribution is -0.143. The summed E-state index contributed by atoms with van der Waals surface area (Å²) in [6.45, 7) is 7.36. The second-order valence-corrected chi connectivity index (χ2v) is 6.64. The van der Waals surface area contributed by atoms with Crippen LogP contribution in [0, 0.1) is 0 Å². The molecule has 1 aromatic rings. The predicted molar refractivity (Wildman–Crippen MR) is 97.4 cm³/mol. The van der Waals surface area contributed by atoms with Crippen molar-refractivity contribution >= 4 is 5.97 Å². The molecular weight excluding hydrogens is 318 g/mol. The molecule has 25 heavy (non-hydrogen) atoms. The summed E-state index contributed by atoms with van der Waals surface area (Å²) in [6, 6.07) is 8.00. The Labute approximate surface area is 150 Å². The zero-order valence-corrected chi connectivity index (χ0v) is 15.4. The number of carbonyl (C=O) groups excluding carboxylic acids is 1. The maximum absolute atomic E-state index is 11.6. The van der Waals surface area contributed by atoms with Gasteiger partial charge in [-0.05, 0) is 57.3 Å².